The largest absolute Gasteiger partial charge is 0.329 e. The molecule has 0 aliphatic heterocycles. The number of rotatable bonds is 9. The van der Waals surface area contributed by atoms with Gasteiger partial charge in [0.2, 0.25) is 0 Å². The van der Waals surface area contributed by atoms with Gasteiger partial charge in [-0.1, -0.05) is 0 Å². The van der Waals surface area contributed by atoms with E-state index in [4.69, 9.17) is 5.73 Å². The quantitative estimate of drug-likeness (QED) is 0.468. The predicted molar refractivity (Wildman–Crippen MR) is 62.4 cm³/mol. The van der Waals surface area contributed by atoms with Crippen molar-refractivity contribution in [3.63, 3.8) is 0 Å². The van der Waals surface area contributed by atoms with Crippen LogP contribution in [-0.4, -0.2) is 43.8 Å². The Balaban J connectivity index is 1.56. The summed E-state index contributed by atoms with van der Waals surface area (Å²) in [4.78, 5) is 0. The summed E-state index contributed by atoms with van der Waals surface area (Å²) in [6.45, 7) is 5.03. The highest BCUT2D eigenvalue weighted by atomic mass is 15.5. The molecule has 0 bridgehead atoms. The minimum atomic E-state index is 0.719. The highest BCUT2D eigenvalue weighted by Gasteiger charge is 2.24. The molecule has 0 amide bonds. The first-order chi connectivity index (χ1) is 7.38. The van der Waals surface area contributed by atoms with E-state index in [2.05, 4.69) is 15.8 Å². The topological polar surface area (TPSA) is 53.3 Å². The molecule has 0 aromatic heterocycles. The number of nitrogens with zero attached hydrogens (tertiary/aromatic N) is 1. The number of nitrogens with one attached hydrogen (secondary N) is 2. The van der Waals surface area contributed by atoms with Gasteiger partial charge in [0.25, 0.3) is 0 Å². The van der Waals surface area contributed by atoms with Crippen LogP contribution in [0.25, 0.3) is 0 Å². The van der Waals surface area contributed by atoms with E-state index in [0.717, 1.165) is 38.1 Å². The van der Waals surface area contributed by atoms with Gasteiger partial charge in [-0.3, -0.25) is 5.43 Å². The monoisotopic (exact) mass is 212 g/mol. The van der Waals surface area contributed by atoms with Gasteiger partial charge in [-0.25, -0.2) is 5.01 Å². The molecule has 2 fully saturated rings. The predicted octanol–water partition coefficient (Wildman–Crippen LogP) is -0.0863. The summed E-state index contributed by atoms with van der Waals surface area (Å²) < 4.78 is 0. The van der Waals surface area contributed by atoms with Crippen LogP contribution in [-0.2, 0) is 0 Å². The van der Waals surface area contributed by atoms with Crippen molar-refractivity contribution in [1.29, 1.82) is 0 Å². The number of hydrogen-bond acceptors (Lipinski definition) is 4. The van der Waals surface area contributed by atoms with E-state index in [0.29, 0.717) is 0 Å². The summed E-state index contributed by atoms with van der Waals surface area (Å²) in [5.41, 5.74) is 8.91. The molecule has 2 aliphatic carbocycles. The van der Waals surface area contributed by atoms with Gasteiger partial charge >= 0.3 is 0 Å². The second-order valence-corrected chi connectivity index (χ2v) is 4.81. The summed E-state index contributed by atoms with van der Waals surface area (Å²) >= 11 is 0. The fourth-order valence-corrected chi connectivity index (χ4v) is 1.76. The Kier molecular flexibility index (Phi) is 4.38. The molecule has 2 aliphatic rings. The fraction of sp³-hybridized carbons (Fsp3) is 1.00. The third kappa shape index (κ3) is 4.93. The lowest BCUT2D eigenvalue weighted by Gasteiger charge is -2.23. The minimum Gasteiger partial charge on any atom is -0.329 e. The van der Waals surface area contributed by atoms with Crippen molar-refractivity contribution in [2.45, 2.75) is 31.7 Å². The van der Waals surface area contributed by atoms with Gasteiger partial charge < -0.3 is 11.1 Å². The molecule has 4 nitrogen and oxygen atoms in total. The summed E-state index contributed by atoms with van der Waals surface area (Å²) in [6, 6.07) is 0.822. The molecule has 88 valence electrons. The van der Waals surface area contributed by atoms with Gasteiger partial charge in [0.1, 0.15) is 0 Å². The average molecular weight is 212 g/mol. The molecule has 0 unspecified atom stereocenters. The van der Waals surface area contributed by atoms with Crippen molar-refractivity contribution in [1.82, 2.24) is 15.8 Å². The Morgan fingerprint density at radius 2 is 1.93 bits per heavy atom. The first-order valence-corrected chi connectivity index (χ1v) is 6.30. The first-order valence-electron chi connectivity index (χ1n) is 6.30. The Hall–Kier alpha value is -0.160. The summed E-state index contributed by atoms with van der Waals surface area (Å²) in [5, 5.41) is 5.89. The summed E-state index contributed by atoms with van der Waals surface area (Å²) in [6.07, 6.45) is 5.57. The molecule has 2 rings (SSSR count). The second-order valence-electron chi connectivity index (χ2n) is 4.81. The van der Waals surface area contributed by atoms with Gasteiger partial charge in [0.05, 0.1) is 0 Å². The molecule has 0 heterocycles. The SMILES string of the molecule is NCCNN(CCNC1CC1)CC1CC1. The van der Waals surface area contributed by atoms with Crippen LogP contribution in [0.2, 0.25) is 0 Å². The number of hydrazine groups is 1. The Bertz CT molecular complexity index is 177. The molecular weight excluding hydrogens is 188 g/mol. The maximum absolute atomic E-state index is 5.51. The lowest BCUT2D eigenvalue weighted by atomic mass is 10.4. The molecule has 4 heteroatoms. The zero-order chi connectivity index (χ0) is 10.5. The second kappa shape index (κ2) is 5.80. The molecule has 4 N–H and O–H groups in total. The van der Waals surface area contributed by atoms with Gasteiger partial charge in [0.15, 0.2) is 0 Å². The number of nitrogens with two attached hydrogens (primary N) is 1. The highest BCUT2D eigenvalue weighted by molar-refractivity contribution is 4.81. The third-order valence-electron chi connectivity index (χ3n) is 3.05. The van der Waals surface area contributed by atoms with Crippen molar-refractivity contribution in [3.8, 4) is 0 Å². The Labute approximate surface area is 92.5 Å². The minimum absolute atomic E-state index is 0.719. The molecule has 2 saturated carbocycles. The molecule has 0 saturated heterocycles. The van der Waals surface area contributed by atoms with E-state index in [1.54, 1.807) is 0 Å². The van der Waals surface area contributed by atoms with E-state index in [1.165, 1.54) is 32.2 Å². The van der Waals surface area contributed by atoms with Crippen molar-refractivity contribution in [2.24, 2.45) is 11.7 Å². The van der Waals surface area contributed by atoms with Crippen LogP contribution < -0.4 is 16.5 Å². The maximum Gasteiger partial charge on any atom is 0.0256 e. The van der Waals surface area contributed by atoms with E-state index >= 15 is 0 Å². The third-order valence-corrected chi connectivity index (χ3v) is 3.05. The lowest BCUT2D eigenvalue weighted by Crippen LogP contribution is -2.45. The van der Waals surface area contributed by atoms with Gasteiger partial charge in [-0.2, -0.15) is 0 Å². The van der Waals surface area contributed by atoms with Crippen LogP contribution in [0.15, 0.2) is 0 Å². The normalized spacial score (nSPS) is 21.2. The van der Waals surface area contributed by atoms with Crippen molar-refractivity contribution < 1.29 is 0 Å². The number of hydrogen-bond donors (Lipinski definition) is 3. The summed E-state index contributed by atoms with van der Waals surface area (Å²) in [7, 11) is 0. The first kappa shape index (κ1) is 11.3. The van der Waals surface area contributed by atoms with E-state index in [-0.39, 0.29) is 0 Å². The standard InChI is InChI=1S/C11H24N4/c12-5-6-14-15(9-10-1-2-10)8-7-13-11-3-4-11/h10-11,13-14H,1-9,12H2. The van der Waals surface area contributed by atoms with Crippen molar-refractivity contribution in [3.05, 3.63) is 0 Å². The smallest absolute Gasteiger partial charge is 0.0256 e. The molecule has 0 aromatic rings. The van der Waals surface area contributed by atoms with Crippen molar-refractivity contribution >= 4 is 0 Å². The fourth-order valence-electron chi connectivity index (χ4n) is 1.76. The average Bonchev–Trinajstić information content (AvgIpc) is 3.07. The molecule has 0 radical (unpaired) electrons. The maximum atomic E-state index is 5.51. The van der Waals surface area contributed by atoms with Crippen LogP contribution in [0.1, 0.15) is 25.7 Å². The van der Waals surface area contributed by atoms with Crippen LogP contribution in [0.4, 0.5) is 0 Å². The molecular formula is C11H24N4. The van der Waals surface area contributed by atoms with Gasteiger partial charge in [-0.05, 0) is 31.6 Å². The van der Waals surface area contributed by atoms with Crippen LogP contribution in [0.5, 0.6) is 0 Å². The highest BCUT2D eigenvalue weighted by Crippen LogP contribution is 2.29. The van der Waals surface area contributed by atoms with Crippen molar-refractivity contribution in [2.75, 3.05) is 32.7 Å². The lowest BCUT2D eigenvalue weighted by molar-refractivity contribution is 0.182. The molecule has 0 spiro atoms. The van der Waals surface area contributed by atoms with Gasteiger partial charge in [0, 0.05) is 38.8 Å². The van der Waals surface area contributed by atoms with Crippen LogP contribution >= 0.6 is 0 Å². The van der Waals surface area contributed by atoms with E-state index in [9.17, 15) is 0 Å². The Morgan fingerprint density at radius 3 is 2.53 bits per heavy atom. The Morgan fingerprint density at radius 1 is 1.13 bits per heavy atom. The molecule has 0 aromatic carbocycles. The summed E-state index contributed by atoms with van der Waals surface area (Å²) in [5.74, 6) is 0.941. The molecule has 15 heavy (non-hydrogen) atoms. The van der Waals surface area contributed by atoms with Gasteiger partial charge in [-0.15, -0.1) is 0 Å². The van der Waals surface area contributed by atoms with Crippen LogP contribution in [0, 0.1) is 5.92 Å². The van der Waals surface area contributed by atoms with E-state index < -0.39 is 0 Å². The molecule has 0 atom stereocenters. The van der Waals surface area contributed by atoms with Crippen LogP contribution in [0.3, 0.4) is 0 Å². The van der Waals surface area contributed by atoms with E-state index in [1.807, 2.05) is 0 Å². The zero-order valence-corrected chi connectivity index (χ0v) is 9.54. The zero-order valence-electron chi connectivity index (χ0n) is 9.54.